The predicted octanol–water partition coefficient (Wildman–Crippen LogP) is -1.28. The van der Waals surface area contributed by atoms with Crippen molar-refractivity contribution in [3.05, 3.63) is 41.9 Å². The molecule has 2 heterocycles. The van der Waals surface area contributed by atoms with Gasteiger partial charge in [-0.05, 0) is 30.2 Å². The van der Waals surface area contributed by atoms with Crippen LogP contribution in [0.3, 0.4) is 0 Å². The van der Waals surface area contributed by atoms with E-state index in [2.05, 4.69) is 14.7 Å². The number of carbonyl (C=O) groups is 1. The first-order valence-corrected chi connectivity index (χ1v) is 5.66. The molecule has 110 valence electrons. The standard InChI is InChI=1S/C13H9F3N2O3.Na/c1-7-2-3-17-6-9(7)8-4-10(12(19)20)18-11(5-8)21-13(14,15)16;/h2-6H,1H3,(H,19,20);/q;+1/p-1. The second-order valence-corrected chi connectivity index (χ2v) is 4.11. The van der Waals surface area contributed by atoms with Gasteiger partial charge in [0.15, 0.2) is 0 Å². The molecule has 0 N–H and O–H groups in total. The van der Waals surface area contributed by atoms with Gasteiger partial charge in [0.2, 0.25) is 5.88 Å². The SMILES string of the molecule is Cc1ccncc1-c1cc(OC(F)(F)F)nc(C(=O)[O-])c1.[Na+]. The summed E-state index contributed by atoms with van der Waals surface area (Å²) in [5.41, 5.74) is 0.705. The molecule has 0 aliphatic heterocycles. The van der Waals surface area contributed by atoms with Crippen LogP contribution in [0.4, 0.5) is 13.2 Å². The Morgan fingerprint density at radius 3 is 2.55 bits per heavy atom. The molecule has 0 radical (unpaired) electrons. The van der Waals surface area contributed by atoms with Crippen LogP contribution in [-0.2, 0) is 0 Å². The minimum atomic E-state index is -4.97. The van der Waals surface area contributed by atoms with E-state index in [1.54, 1.807) is 13.0 Å². The van der Waals surface area contributed by atoms with Crippen LogP contribution >= 0.6 is 0 Å². The van der Waals surface area contributed by atoms with Crippen LogP contribution < -0.4 is 39.4 Å². The van der Waals surface area contributed by atoms with Crippen molar-refractivity contribution in [2.45, 2.75) is 13.3 Å². The van der Waals surface area contributed by atoms with Gasteiger partial charge < -0.3 is 14.6 Å². The first kappa shape index (κ1) is 18.4. The number of aromatic carboxylic acids is 1. The molecule has 0 saturated heterocycles. The summed E-state index contributed by atoms with van der Waals surface area (Å²) in [5, 5.41) is 10.9. The number of aryl methyl sites for hydroxylation is 1. The monoisotopic (exact) mass is 320 g/mol. The fourth-order valence-electron chi connectivity index (χ4n) is 1.70. The predicted molar refractivity (Wildman–Crippen MR) is 63.2 cm³/mol. The number of alkyl halides is 3. The molecule has 0 fully saturated rings. The Labute approximate surface area is 145 Å². The number of hydrogen-bond donors (Lipinski definition) is 0. The molecular weight excluding hydrogens is 312 g/mol. The van der Waals surface area contributed by atoms with Crippen LogP contribution in [0.15, 0.2) is 30.6 Å². The van der Waals surface area contributed by atoms with Crippen LogP contribution in [-0.4, -0.2) is 22.3 Å². The van der Waals surface area contributed by atoms with Crippen LogP contribution in [0, 0.1) is 6.92 Å². The number of ether oxygens (including phenoxy) is 1. The van der Waals surface area contributed by atoms with Gasteiger partial charge in [-0.25, -0.2) is 4.98 Å². The maximum absolute atomic E-state index is 12.2. The van der Waals surface area contributed by atoms with Crippen molar-refractivity contribution in [3.63, 3.8) is 0 Å². The summed E-state index contributed by atoms with van der Waals surface area (Å²) in [4.78, 5) is 18.0. The van der Waals surface area contributed by atoms with E-state index in [1.807, 2.05) is 0 Å². The number of carbonyl (C=O) groups excluding carboxylic acids is 1. The van der Waals surface area contributed by atoms with E-state index >= 15 is 0 Å². The van der Waals surface area contributed by atoms with Gasteiger partial charge in [-0.3, -0.25) is 4.98 Å². The fraction of sp³-hybridized carbons (Fsp3) is 0.154. The Morgan fingerprint density at radius 1 is 1.32 bits per heavy atom. The minimum absolute atomic E-state index is 0. The molecule has 0 bridgehead atoms. The topological polar surface area (TPSA) is 75.1 Å². The van der Waals surface area contributed by atoms with Crippen molar-refractivity contribution in [1.29, 1.82) is 0 Å². The number of halogens is 3. The van der Waals surface area contributed by atoms with Crippen molar-refractivity contribution in [1.82, 2.24) is 9.97 Å². The molecule has 2 rings (SSSR count). The van der Waals surface area contributed by atoms with Gasteiger partial charge in [-0.15, -0.1) is 13.2 Å². The van der Waals surface area contributed by atoms with E-state index in [1.165, 1.54) is 12.4 Å². The molecule has 0 aliphatic rings. The Bertz CT molecular complexity index is 692. The molecule has 0 atom stereocenters. The minimum Gasteiger partial charge on any atom is -0.543 e. The number of hydrogen-bond acceptors (Lipinski definition) is 5. The summed E-state index contributed by atoms with van der Waals surface area (Å²) in [6.07, 6.45) is -2.06. The van der Waals surface area contributed by atoms with Crippen LogP contribution in [0.5, 0.6) is 5.88 Å². The van der Waals surface area contributed by atoms with E-state index < -0.39 is 23.9 Å². The Balaban J connectivity index is 0.00000242. The molecule has 22 heavy (non-hydrogen) atoms. The van der Waals surface area contributed by atoms with Crippen molar-refractivity contribution in [2.75, 3.05) is 0 Å². The summed E-state index contributed by atoms with van der Waals surface area (Å²) >= 11 is 0. The summed E-state index contributed by atoms with van der Waals surface area (Å²) in [6, 6.07) is 3.73. The number of carboxylic acid groups (broad SMARTS) is 1. The quantitative estimate of drug-likeness (QED) is 0.659. The number of carboxylic acids is 1. The van der Waals surface area contributed by atoms with E-state index in [9.17, 15) is 23.1 Å². The smallest absolute Gasteiger partial charge is 0.543 e. The summed E-state index contributed by atoms with van der Waals surface area (Å²) in [5.74, 6) is -2.58. The summed E-state index contributed by atoms with van der Waals surface area (Å²) in [6.45, 7) is 1.71. The van der Waals surface area contributed by atoms with Gasteiger partial charge in [-0.2, -0.15) is 0 Å². The Morgan fingerprint density at radius 2 is 2.00 bits per heavy atom. The van der Waals surface area contributed by atoms with E-state index in [4.69, 9.17) is 0 Å². The number of rotatable bonds is 3. The van der Waals surface area contributed by atoms with Crippen LogP contribution in [0.2, 0.25) is 0 Å². The van der Waals surface area contributed by atoms with Crippen molar-refractivity contribution < 1.29 is 57.4 Å². The molecule has 0 unspecified atom stereocenters. The second kappa shape index (κ2) is 7.08. The molecule has 0 aliphatic carbocycles. The van der Waals surface area contributed by atoms with Crippen LogP contribution in [0.25, 0.3) is 11.1 Å². The molecule has 0 spiro atoms. The molecule has 0 aromatic carbocycles. The molecule has 0 amide bonds. The van der Waals surface area contributed by atoms with Crippen molar-refractivity contribution in [3.8, 4) is 17.0 Å². The largest absolute Gasteiger partial charge is 1.00 e. The van der Waals surface area contributed by atoms with Gasteiger partial charge in [0, 0.05) is 24.0 Å². The first-order valence-electron chi connectivity index (χ1n) is 5.66. The molecule has 0 saturated carbocycles. The van der Waals surface area contributed by atoms with Gasteiger partial charge in [0.25, 0.3) is 0 Å². The third kappa shape index (κ3) is 4.69. The second-order valence-electron chi connectivity index (χ2n) is 4.11. The van der Waals surface area contributed by atoms with Crippen molar-refractivity contribution in [2.24, 2.45) is 0 Å². The molecule has 2 aromatic heterocycles. The summed E-state index contributed by atoms with van der Waals surface area (Å²) < 4.78 is 40.4. The third-order valence-electron chi connectivity index (χ3n) is 2.58. The average molecular weight is 320 g/mol. The summed E-state index contributed by atoms with van der Waals surface area (Å²) in [7, 11) is 0. The van der Waals surface area contributed by atoms with Gasteiger partial charge in [0.1, 0.15) is 0 Å². The molecule has 2 aromatic rings. The fourth-order valence-corrected chi connectivity index (χ4v) is 1.70. The van der Waals surface area contributed by atoms with Gasteiger partial charge in [-0.1, -0.05) is 0 Å². The maximum atomic E-state index is 12.2. The normalized spacial score (nSPS) is 10.7. The molecule has 9 heteroatoms. The van der Waals surface area contributed by atoms with Gasteiger partial charge in [0.05, 0.1) is 11.7 Å². The van der Waals surface area contributed by atoms with Gasteiger partial charge >= 0.3 is 35.9 Å². The Hall–Kier alpha value is -1.64. The van der Waals surface area contributed by atoms with E-state index in [-0.39, 0.29) is 35.1 Å². The average Bonchev–Trinajstić information content (AvgIpc) is 2.36. The molecular formula is C13H8F3N2NaO3. The zero-order valence-electron chi connectivity index (χ0n) is 11.6. The maximum Gasteiger partial charge on any atom is 1.00 e. The Kier molecular flexibility index (Phi) is 5.92. The zero-order chi connectivity index (χ0) is 15.6. The number of aromatic nitrogens is 2. The first-order chi connectivity index (χ1) is 9.76. The van der Waals surface area contributed by atoms with Crippen LogP contribution in [0.1, 0.15) is 16.1 Å². The third-order valence-corrected chi connectivity index (χ3v) is 2.58. The molecule has 5 nitrogen and oxygen atoms in total. The van der Waals surface area contributed by atoms with Crippen molar-refractivity contribution >= 4 is 5.97 Å². The van der Waals surface area contributed by atoms with E-state index in [0.717, 1.165) is 12.1 Å². The number of pyridine rings is 2. The van der Waals surface area contributed by atoms with E-state index in [0.29, 0.717) is 11.1 Å². The number of nitrogens with zero attached hydrogens (tertiary/aromatic N) is 2. The zero-order valence-corrected chi connectivity index (χ0v) is 13.6.